The van der Waals surface area contributed by atoms with E-state index in [0.29, 0.717) is 17.2 Å². The monoisotopic (exact) mass is 248 g/mol. The van der Waals surface area contributed by atoms with Crippen molar-refractivity contribution in [2.24, 2.45) is 0 Å². The molecule has 0 saturated heterocycles. The van der Waals surface area contributed by atoms with E-state index in [2.05, 4.69) is 9.97 Å². The first-order valence-electron chi connectivity index (χ1n) is 5.34. The van der Waals surface area contributed by atoms with E-state index in [1.807, 2.05) is 0 Å². The Morgan fingerprint density at radius 2 is 2.28 bits per heavy atom. The lowest BCUT2D eigenvalue weighted by Gasteiger charge is -2.11. The number of aromatic nitrogens is 2. The number of hydrogen-bond donors (Lipinski definition) is 1. The standard InChI is InChI=1S/C12H12N2O4/c1-7-5-9(6-14-10(7)12(15)16)18-8(2)11-13-3-4-17-11/h3-6,8H,1-2H3,(H,15,16). The number of ether oxygens (including phenoxy) is 1. The molecule has 1 atom stereocenters. The number of aromatic carboxylic acids is 1. The number of pyridine rings is 1. The third-order valence-electron chi connectivity index (χ3n) is 2.37. The number of aryl methyl sites for hydroxylation is 1. The summed E-state index contributed by atoms with van der Waals surface area (Å²) in [7, 11) is 0. The Labute approximate surface area is 103 Å². The molecule has 0 aromatic carbocycles. The van der Waals surface area contributed by atoms with Crippen LogP contribution in [0.3, 0.4) is 0 Å². The quantitative estimate of drug-likeness (QED) is 0.892. The molecule has 0 amide bonds. The molecule has 6 nitrogen and oxygen atoms in total. The lowest BCUT2D eigenvalue weighted by Crippen LogP contribution is -2.07. The van der Waals surface area contributed by atoms with E-state index in [4.69, 9.17) is 14.3 Å². The molecule has 0 radical (unpaired) electrons. The van der Waals surface area contributed by atoms with E-state index in [9.17, 15) is 4.79 Å². The van der Waals surface area contributed by atoms with Crippen LogP contribution in [0.4, 0.5) is 0 Å². The zero-order valence-corrected chi connectivity index (χ0v) is 9.95. The number of nitrogens with zero attached hydrogens (tertiary/aromatic N) is 2. The van der Waals surface area contributed by atoms with E-state index in [0.717, 1.165) is 0 Å². The summed E-state index contributed by atoms with van der Waals surface area (Å²) in [4.78, 5) is 18.6. The normalized spacial score (nSPS) is 12.1. The van der Waals surface area contributed by atoms with Crippen LogP contribution in [0.15, 0.2) is 29.1 Å². The van der Waals surface area contributed by atoms with Crippen molar-refractivity contribution in [3.63, 3.8) is 0 Å². The topological polar surface area (TPSA) is 85.5 Å². The highest BCUT2D eigenvalue weighted by Crippen LogP contribution is 2.21. The summed E-state index contributed by atoms with van der Waals surface area (Å²) in [6.07, 6.45) is 4.01. The van der Waals surface area contributed by atoms with Gasteiger partial charge in [-0.05, 0) is 25.5 Å². The number of hydrogen-bond acceptors (Lipinski definition) is 5. The number of rotatable bonds is 4. The molecule has 0 saturated carbocycles. The molecule has 0 fully saturated rings. The van der Waals surface area contributed by atoms with Crippen LogP contribution in [-0.4, -0.2) is 21.0 Å². The first-order chi connectivity index (χ1) is 8.58. The van der Waals surface area contributed by atoms with Gasteiger partial charge in [-0.3, -0.25) is 0 Å². The van der Waals surface area contributed by atoms with E-state index < -0.39 is 5.97 Å². The van der Waals surface area contributed by atoms with Crippen LogP contribution < -0.4 is 4.74 Å². The minimum Gasteiger partial charge on any atom is -0.479 e. The van der Waals surface area contributed by atoms with Crippen LogP contribution in [0.5, 0.6) is 5.75 Å². The molecule has 1 N–H and O–H groups in total. The Morgan fingerprint density at radius 1 is 1.50 bits per heavy atom. The molecule has 0 aliphatic heterocycles. The zero-order chi connectivity index (χ0) is 13.1. The average molecular weight is 248 g/mol. The molecule has 0 aliphatic carbocycles. The van der Waals surface area contributed by atoms with Gasteiger partial charge in [0.05, 0.1) is 12.4 Å². The second kappa shape index (κ2) is 4.87. The Morgan fingerprint density at radius 3 is 2.83 bits per heavy atom. The smallest absolute Gasteiger partial charge is 0.354 e. The van der Waals surface area contributed by atoms with Crippen molar-refractivity contribution in [3.05, 3.63) is 41.9 Å². The average Bonchev–Trinajstić information content (AvgIpc) is 2.81. The minimum atomic E-state index is -1.06. The van der Waals surface area contributed by atoms with Crippen molar-refractivity contribution in [1.82, 2.24) is 9.97 Å². The Bertz CT molecular complexity index is 551. The number of carboxylic acid groups (broad SMARTS) is 1. The highest BCUT2D eigenvalue weighted by Gasteiger charge is 2.14. The van der Waals surface area contributed by atoms with Gasteiger partial charge >= 0.3 is 5.97 Å². The molecular weight excluding hydrogens is 236 g/mol. The molecule has 18 heavy (non-hydrogen) atoms. The highest BCUT2D eigenvalue weighted by atomic mass is 16.5. The fourth-order valence-electron chi connectivity index (χ4n) is 1.53. The third-order valence-corrected chi connectivity index (χ3v) is 2.37. The Hall–Kier alpha value is -2.37. The summed E-state index contributed by atoms with van der Waals surface area (Å²) in [5, 5.41) is 8.86. The first-order valence-corrected chi connectivity index (χ1v) is 5.34. The van der Waals surface area contributed by atoms with Crippen molar-refractivity contribution in [1.29, 1.82) is 0 Å². The first kappa shape index (κ1) is 12.1. The summed E-state index contributed by atoms with van der Waals surface area (Å²) < 4.78 is 10.7. The van der Waals surface area contributed by atoms with Crippen LogP contribution in [0.25, 0.3) is 0 Å². The van der Waals surface area contributed by atoms with Crippen molar-refractivity contribution in [2.45, 2.75) is 20.0 Å². The molecule has 6 heteroatoms. The third kappa shape index (κ3) is 2.48. The summed E-state index contributed by atoms with van der Waals surface area (Å²) in [6.45, 7) is 3.45. The van der Waals surface area contributed by atoms with Gasteiger partial charge in [-0.1, -0.05) is 0 Å². The number of carbonyl (C=O) groups is 1. The van der Waals surface area contributed by atoms with Gasteiger partial charge in [0, 0.05) is 0 Å². The second-order valence-corrected chi connectivity index (χ2v) is 3.77. The fourth-order valence-corrected chi connectivity index (χ4v) is 1.53. The maximum Gasteiger partial charge on any atom is 0.354 e. The van der Waals surface area contributed by atoms with E-state index in [-0.39, 0.29) is 11.8 Å². The van der Waals surface area contributed by atoms with Gasteiger partial charge in [-0.25, -0.2) is 14.8 Å². The largest absolute Gasteiger partial charge is 0.479 e. The molecule has 2 aromatic heterocycles. The summed E-state index contributed by atoms with van der Waals surface area (Å²) >= 11 is 0. The molecule has 94 valence electrons. The lowest BCUT2D eigenvalue weighted by molar-refractivity contribution is 0.0689. The molecule has 0 aliphatic rings. The predicted molar refractivity (Wildman–Crippen MR) is 61.5 cm³/mol. The fraction of sp³-hybridized carbons (Fsp3) is 0.250. The van der Waals surface area contributed by atoms with Gasteiger partial charge in [-0.2, -0.15) is 0 Å². The molecule has 0 spiro atoms. The lowest BCUT2D eigenvalue weighted by atomic mass is 10.2. The van der Waals surface area contributed by atoms with Gasteiger partial charge in [0.25, 0.3) is 0 Å². The number of oxazole rings is 1. The predicted octanol–water partition coefficient (Wildman–Crippen LogP) is 2.22. The summed E-state index contributed by atoms with van der Waals surface area (Å²) in [6, 6.07) is 1.62. The second-order valence-electron chi connectivity index (χ2n) is 3.77. The maximum absolute atomic E-state index is 10.8. The van der Waals surface area contributed by atoms with Crippen LogP contribution in [0.2, 0.25) is 0 Å². The zero-order valence-electron chi connectivity index (χ0n) is 9.95. The molecule has 2 heterocycles. The Balaban J connectivity index is 2.15. The molecule has 2 rings (SSSR count). The SMILES string of the molecule is Cc1cc(OC(C)c2ncco2)cnc1C(=O)O. The highest BCUT2D eigenvalue weighted by molar-refractivity contribution is 5.87. The van der Waals surface area contributed by atoms with E-state index in [1.54, 1.807) is 19.9 Å². The van der Waals surface area contributed by atoms with Crippen LogP contribution in [0, 0.1) is 6.92 Å². The molecule has 1 unspecified atom stereocenters. The van der Waals surface area contributed by atoms with Gasteiger partial charge in [0.2, 0.25) is 5.89 Å². The minimum absolute atomic E-state index is 0.0196. The summed E-state index contributed by atoms with van der Waals surface area (Å²) in [5.74, 6) is -0.127. The van der Waals surface area contributed by atoms with Crippen molar-refractivity contribution < 1.29 is 19.1 Å². The Kier molecular flexibility index (Phi) is 3.27. The van der Waals surface area contributed by atoms with Crippen LogP contribution in [0.1, 0.15) is 35.0 Å². The van der Waals surface area contributed by atoms with Crippen molar-refractivity contribution >= 4 is 5.97 Å². The van der Waals surface area contributed by atoms with E-state index >= 15 is 0 Å². The van der Waals surface area contributed by atoms with Crippen LogP contribution >= 0.6 is 0 Å². The van der Waals surface area contributed by atoms with Gasteiger partial charge < -0.3 is 14.3 Å². The summed E-state index contributed by atoms with van der Waals surface area (Å²) in [5.41, 5.74) is 0.561. The van der Waals surface area contributed by atoms with Gasteiger partial charge in [-0.15, -0.1) is 0 Å². The van der Waals surface area contributed by atoms with Crippen molar-refractivity contribution in [3.8, 4) is 5.75 Å². The van der Waals surface area contributed by atoms with Gasteiger partial charge in [0.15, 0.2) is 11.8 Å². The van der Waals surface area contributed by atoms with Crippen LogP contribution in [-0.2, 0) is 0 Å². The molecule has 0 bridgehead atoms. The van der Waals surface area contributed by atoms with Gasteiger partial charge in [0.1, 0.15) is 12.0 Å². The van der Waals surface area contributed by atoms with E-state index in [1.165, 1.54) is 18.7 Å². The molecule has 2 aromatic rings. The maximum atomic E-state index is 10.8. The molecular formula is C12H12N2O4. The number of carboxylic acids is 1. The van der Waals surface area contributed by atoms with Crippen molar-refractivity contribution in [2.75, 3.05) is 0 Å².